The van der Waals surface area contributed by atoms with Crippen molar-refractivity contribution in [3.8, 4) is 11.5 Å². The summed E-state index contributed by atoms with van der Waals surface area (Å²) >= 11 is 0. The van der Waals surface area contributed by atoms with Crippen LogP contribution in [-0.2, 0) is 4.79 Å². The molecule has 3 N–H and O–H groups in total. The Bertz CT molecular complexity index is 712. The highest BCUT2D eigenvalue weighted by atomic mass is 35.5. The summed E-state index contributed by atoms with van der Waals surface area (Å²) in [4.78, 5) is 12.6. The minimum Gasteiger partial charge on any atom is -0.455 e. The second kappa shape index (κ2) is 8.83. The molecule has 0 aliphatic heterocycles. The molecule has 0 aromatic heterocycles. The lowest BCUT2D eigenvalue weighted by molar-refractivity contribution is -0.120. The largest absolute Gasteiger partial charge is 0.455 e. The third-order valence-corrected chi connectivity index (χ3v) is 4.49. The smallest absolute Gasteiger partial charge is 0.227 e. The lowest BCUT2D eigenvalue weighted by Gasteiger charge is -2.19. The number of hydrogen-bond donors (Lipinski definition) is 2. The molecule has 1 aliphatic rings. The Balaban J connectivity index is 0.00000225. The summed E-state index contributed by atoms with van der Waals surface area (Å²) < 4.78 is 20.0. The Hall–Kier alpha value is -2.11. The molecule has 0 spiro atoms. The number of ether oxygens (including phenoxy) is 1. The van der Waals surface area contributed by atoms with Crippen molar-refractivity contribution in [2.75, 3.05) is 11.9 Å². The summed E-state index contributed by atoms with van der Waals surface area (Å²) in [6.07, 6.45) is 2.71. The van der Waals surface area contributed by atoms with Gasteiger partial charge in [-0.25, -0.2) is 4.39 Å². The van der Waals surface area contributed by atoms with Crippen LogP contribution in [0.1, 0.15) is 19.3 Å². The molecule has 0 radical (unpaired) electrons. The maximum atomic E-state index is 14.3. The number of nitrogens with one attached hydrogen (secondary N) is 1. The van der Waals surface area contributed by atoms with Crippen molar-refractivity contribution in [2.24, 2.45) is 17.6 Å². The molecule has 1 saturated carbocycles. The molecule has 2 aromatic carbocycles. The molecule has 134 valence electrons. The van der Waals surface area contributed by atoms with Crippen molar-refractivity contribution in [1.29, 1.82) is 0 Å². The quantitative estimate of drug-likeness (QED) is 0.828. The standard InChI is InChI=1S/C19H21FN2O2.ClH/c20-16-10-5-11-17(24-14-7-2-1-3-8-14)18(16)22-19(23)15-9-4-6-13(15)12-21;/h1-3,5,7-8,10-11,13,15H,4,6,9,12,21H2,(H,22,23);1H/t13-,15-;/m1./s1. The molecule has 4 nitrogen and oxygen atoms in total. The Morgan fingerprint density at radius 1 is 1.16 bits per heavy atom. The van der Waals surface area contributed by atoms with Crippen molar-refractivity contribution >= 4 is 24.0 Å². The van der Waals surface area contributed by atoms with E-state index < -0.39 is 5.82 Å². The van der Waals surface area contributed by atoms with Crippen LogP contribution in [0, 0.1) is 17.7 Å². The van der Waals surface area contributed by atoms with E-state index in [2.05, 4.69) is 5.32 Å². The predicted molar refractivity (Wildman–Crippen MR) is 98.7 cm³/mol. The van der Waals surface area contributed by atoms with E-state index in [1.807, 2.05) is 18.2 Å². The first-order valence-corrected chi connectivity index (χ1v) is 8.21. The Morgan fingerprint density at radius 3 is 2.64 bits per heavy atom. The summed E-state index contributed by atoms with van der Waals surface area (Å²) in [6, 6.07) is 13.6. The highest BCUT2D eigenvalue weighted by Crippen LogP contribution is 2.35. The van der Waals surface area contributed by atoms with Gasteiger partial charge in [0.2, 0.25) is 5.91 Å². The molecular formula is C19H22ClFN2O2. The van der Waals surface area contributed by atoms with E-state index in [0.717, 1.165) is 19.3 Å². The van der Waals surface area contributed by atoms with Gasteiger partial charge in [-0.3, -0.25) is 4.79 Å². The van der Waals surface area contributed by atoms with E-state index in [4.69, 9.17) is 10.5 Å². The Morgan fingerprint density at radius 2 is 1.92 bits per heavy atom. The topological polar surface area (TPSA) is 64.4 Å². The molecule has 2 aromatic rings. The molecule has 0 unspecified atom stereocenters. The first-order chi connectivity index (χ1) is 11.7. The van der Waals surface area contributed by atoms with Gasteiger partial charge in [0, 0.05) is 5.92 Å². The lowest BCUT2D eigenvalue weighted by atomic mass is 9.95. The zero-order valence-electron chi connectivity index (χ0n) is 13.8. The van der Waals surface area contributed by atoms with Crippen LogP contribution in [0.25, 0.3) is 0 Å². The van der Waals surface area contributed by atoms with Gasteiger partial charge in [0.05, 0.1) is 0 Å². The van der Waals surface area contributed by atoms with Crippen LogP contribution in [0.2, 0.25) is 0 Å². The van der Waals surface area contributed by atoms with E-state index >= 15 is 0 Å². The third kappa shape index (κ3) is 4.50. The molecular weight excluding hydrogens is 343 g/mol. The fourth-order valence-electron chi connectivity index (χ4n) is 3.21. The molecule has 1 amide bonds. The van der Waals surface area contributed by atoms with Gasteiger partial charge >= 0.3 is 0 Å². The molecule has 6 heteroatoms. The second-order valence-corrected chi connectivity index (χ2v) is 6.05. The number of nitrogens with two attached hydrogens (primary N) is 1. The van der Waals surface area contributed by atoms with Crippen LogP contribution in [0.5, 0.6) is 11.5 Å². The summed E-state index contributed by atoms with van der Waals surface area (Å²) in [7, 11) is 0. The van der Waals surface area contributed by atoms with Gasteiger partial charge in [0.25, 0.3) is 0 Å². The maximum Gasteiger partial charge on any atom is 0.227 e. The van der Waals surface area contributed by atoms with Gasteiger partial charge in [0.1, 0.15) is 11.4 Å². The number of carbonyl (C=O) groups excluding carboxylic acids is 1. The van der Waals surface area contributed by atoms with Crippen molar-refractivity contribution in [3.63, 3.8) is 0 Å². The number of benzene rings is 2. The van der Waals surface area contributed by atoms with E-state index in [9.17, 15) is 9.18 Å². The SMILES string of the molecule is Cl.NC[C@H]1CCC[C@H]1C(=O)Nc1c(F)cccc1Oc1ccccc1. The number of rotatable bonds is 5. The minimum atomic E-state index is -0.515. The number of halogens is 2. The van der Waals surface area contributed by atoms with E-state index in [1.165, 1.54) is 6.07 Å². The van der Waals surface area contributed by atoms with Crippen LogP contribution < -0.4 is 15.8 Å². The van der Waals surface area contributed by atoms with Gasteiger partial charge in [-0.05, 0) is 49.6 Å². The van der Waals surface area contributed by atoms with Crippen molar-refractivity contribution in [3.05, 3.63) is 54.3 Å². The van der Waals surface area contributed by atoms with Crippen LogP contribution in [0.3, 0.4) is 0 Å². The molecule has 0 saturated heterocycles. The predicted octanol–water partition coefficient (Wildman–Crippen LogP) is 4.35. The highest BCUT2D eigenvalue weighted by molar-refractivity contribution is 5.94. The molecule has 0 heterocycles. The average molecular weight is 365 g/mol. The number of carbonyl (C=O) groups is 1. The Labute approximate surface area is 153 Å². The van der Waals surface area contributed by atoms with E-state index in [1.54, 1.807) is 24.3 Å². The first kappa shape index (κ1) is 19.2. The van der Waals surface area contributed by atoms with Gasteiger partial charge in [-0.15, -0.1) is 12.4 Å². The van der Waals surface area contributed by atoms with Crippen LogP contribution in [0.4, 0.5) is 10.1 Å². The highest BCUT2D eigenvalue weighted by Gasteiger charge is 2.32. The van der Waals surface area contributed by atoms with Gasteiger partial charge < -0.3 is 15.8 Å². The van der Waals surface area contributed by atoms with E-state index in [0.29, 0.717) is 12.3 Å². The minimum absolute atomic E-state index is 0. The van der Waals surface area contributed by atoms with Crippen LogP contribution >= 0.6 is 12.4 Å². The number of anilines is 1. The third-order valence-electron chi connectivity index (χ3n) is 4.49. The number of amides is 1. The van der Waals surface area contributed by atoms with Crippen LogP contribution in [0.15, 0.2) is 48.5 Å². The van der Waals surface area contributed by atoms with Crippen molar-refractivity contribution < 1.29 is 13.9 Å². The normalized spacial score (nSPS) is 19.1. The average Bonchev–Trinajstić information content (AvgIpc) is 3.07. The van der Waals surface area contributed by atoms with Gasteiger partial charge in [0.15, 0.2) is 11.6 Å². The summed E-state index contributed by atoms with van der Waals surface area (Å²) in [5, 5.41) is 2.71. The van der Waals surface area contributed by atoms with Gasteiger partial charge in [-0.1, -0.05) is 30.7 Å². The molecule has 3 rings (SSSR count). The fraction of sp³-hybridized carbons (Fsp3) is 0.316. The molecule has 1 fully saturated rings. The Kier molecular flexibility index (Phi) is 6.79. The van der Waals surface area contributed by atoms with Crippen molar-refractivity contribution in [1.82, 2.24) is 0 Å². The summed E-state index contributed by atoms with van der Waals surface area (Å²) in [5.74, 6) is 0.163. The summed E-state index contributed by atoms with van der Waals surface area (Å²) in [5.41, 5.74) is 5.82. The fourth-order valence-corrected chi connectivity index (χ4v) is 3.21. The first-order valence-electron chi connectivity index (χ1n) is 8.21. The van der Waals surface area contributed by atoms with E-state index in [-0.39, 0.29) is 41.6 Å². The van der Waals surface area contributed by atoms with Crippen LogP contribution in [-0.4, -0.2) is 12.5 Å². The molecule has 2 atom stereocenters. The number of hydrogen-bond acceptors (Lipinski definition) is 3. The van der Waals surface area contributed by atoms with Crippen molar-refractivity contribution in [2.45, 2.75) is 19.3 Å². The summed E-state index contributed by atoms with van der Waals surface area (Å²) in [6.45, 7) is 0.475. The molecule has 25 heavy (non-hydrogen) atoms. The number of para-hydroxylation sites is 2. The lowest BCUT2D eigenvalue weighted by Crippen LogP contribution is -2.30. The zero-order chi connectivity index (χ0) is 16.9. The molecule has 0 bridgehead atoms. The molecule has 1 aliphatic carbocycles. The zero-order valence-corrected chi connectivity index (χ0v) is 14.6. The second-order valence-electron chi connectivity index (χ2n) is 6.05. The maximum absolute atomic E-state index is 14.3. The monoisotopic (exact) mass is 364 g/mol. The van der Waals surface area contributed by atoms with Gasteiger partial charge in [-0.2, -0.15) is 0 Å².